The number of hydrogen-bond donors (Lipinski definition) is 2. The molecule has 0 amide bonds. The largest absolute Gasteiger partial charge is 0.479 e. The highest BCUT2D eigenvalue weighted by molar-refractivity contribution is 5.75. The van der Waals surface area contributed by atoms with E-state index in [0.717, 1.165) is 6.54 Å². The fraction of sp³-hybridized carbons (Fsp3) is 0.750. The third-order valence-corrected chi connectivity index (χ3v) is 0.841. The Balaban J connectivity index is 2.25. The van der Waals surface area contributed by atoms with Crippen LogP contribution < -0.4 is 5.32 Å². The Hall–Kier alpha value is -0.570. The lowest BCUT2D eigenvalue weighted by atomic mass is 10.5. The molecule has 1 heterocycles. The van der Waals surface area contributed by atoms with Crippen molar-refractivity contribution in [3.8, 4) is 0 Å². The van der Waals surface area contributed by atoms with Crippen LogP contribution in [0.5, 0.6) is 0 Å². The van der Waals surface area contributed by atoms with Crippen LogP contribution in [0.15, 0.2) is 0 Å². The lowest BCUT2D eigenvalue weighted by Crippen LogP contribution is -2.34. The third kappa shape index (κ3) is 1.16. The second-order valence-corrected chi connectivity index (χ2v) is 1.45. The summed E-state index contributed by atoms with van der Waals surface area (Å²) in [5.41, 5.74) is 0. The molecule has 0 aromatic rings. The Bertz CT molecular complexity index is 73.8. The summed E-state index contributed by atoms with van der Waals surface area (Å²) in [6.45, 7) is 2.13. The fourth-order valence-corrected chi connectivity index (χ4v) is 0.499. The number of ether oxygens (including phenoxy) is 1. The summed E-state index contributed by atoms with van der Waals surface area (Å²) in [7, 11) is 0. The highest BCUT2D eigenvalue weighted by Gasteiger charge is 2.01. The second-order valence-electron chi connectivity index (χ2n) is 1.45. The molecular weight excluding hydrogens is 92.1 g/mol. The molecule has 3 nitrogen and oxygen atoms in total. The Kier molecular flexibility index (Phi) is 1.26. The van der Waals surface area contributed by atoms with E-state index in [4.69, 9.17) is 10.1 Å². The summed E-state index contributed by atoms with van der Waals surface area (Å²) in [6, 6.07) is 0. The number of rotatable bonds is 0. The van der Waals surface area contributed by atoms with E-state index in [1.807, 2.05) is 0 Å². The van der Waals surface area contributed by atoms with Crippen LogP contribution in [0.2, 0.25) is 0 Å². The standard InChI is InChI=1S/C4H8N2O/c5-4-3-6-1-2-7-4/h5-6H,1-3H2. The lowest BCUT2D eigenvalue weighted by Gasteiger charge is -2.13. The molecule has 0 unspecified atom stereocenters. The molecule has 0 saturated carbocycles. The Morgan fingerprint density at radius 1 is 1.71 bits per heavy atom. The Morgan fingerprint density at radius 3 is 2.86 bits per heavy atom. The third-order valence-electron chi connectivity index (χ3n) is 0.841. The summed E-state index contributed by atoms with van der Waals surface area (Å²) in [5.74, 6) is 0.353. The van der Waals surface area contributed by atoms with E-state index in [-0.39, 0.29) is 0 Å². The normalized spacial score (nSPS) is 21.4. The van der Waals surface area contributed by atoms with Crippen molar-refractivity contribution in [3.05, 3.63) is 0 Å². The quantitative estimate of drug-likeness (QED) is 0.434. The van der Waals surface area contributed by atoms with Crippen molar-refractivity contribution in [3.63, 3.8) is 0 Å². The van der Waals surface area contributed by atoms with E-state index in [1.54, 1.807) is 0 Å². The van der Waals surface area contributed by atoms with Gasteiger partial charge in [-0.05, 0) is 0 Å². The predicted molar refractivity (Wildman–Crippen MR) is 26.5 cm³/mol. The monoisotopic (exact) mass is 100 g/mol. The van der Waals surface area contributed by atoms with Gasteiger partial charge < -0.3 is 10.1 Å². The molecular formula is C4H8N2O. The first-order valence-corrected chi connectivity index (χ1v) is 2.30. The SMILES string of the molecule is N=C1CNCCO1. The first-order valence-electron chi connectivity index (χ1n) is 2.30. The van der Waals surface area contributed by atoms with E-state index in [1.165, 1.54) is 0 Å². The van der Waals surface area contributed by atoms with E-state index in [0.29, 0.717) is 19.0 Å². The number of hydrogen-bond acceptors (Lipinski definition) is 3. The van der Waals surface area contributed by atoms with Crippen LogP contribution in [0, 0.1) is 5.41 Å². The molecule has 2 N–H and O–H groups in total. The minimum absolute atomic E-state index is 0.353. The molecule has 0 aliphatic carbocycles. The molecule has 0 aromatic carbocycles. The van der Waals surface area contributed by atoms with Gasteiger partial charge >= 0.3 is 0 Å². The van der Waals surface area contributed by atoms with Crippen molar-refractivity contribution in [1.82, 2.24) is 5.32 Å². The molecule has 0 spiro atoms. The first-order chi connectivity index (χ1) is 3.39. The maximum Gasteiger partial charge on any atom is 0.194 e. The summed E-state index contributed by atoms with van der Waals surface area (Å²) in [6.07, 6.45) is 0. The Morgan fingerprint density at radius 2 is 2.57 bits per heavy atom. The van der Waals surface area contributed by atoms with Gasteiger partial charge in [0.15, 0.2) is 5.90 Å². The van der Waals surface area contributed by atoms with Gasteiger partial charge in [0.1, 0.15) is 6.61 Å². The van der Waals surface area contributed by atoms with Gasteiger partial charge in [-0.15, -0.1) is 0 Å². The smallest absolute Gasteiger partial charge is 0.194 e. The minimum atomic E-state index is 0.353. The van der Waals surface area contributed by atoms with Gasteiger partial charge in [0.05, 0.1) is 6.54 Å². The van der Waals surface area contributed by atoms with E-state index in [9.17, 15) is 0 Å². The summed E-state index contributed by atoms with van der Waals surface area (Å²) >= 11 is 0. The van der Waals surface area contributed by atoms with E-state index >= 15 is 0 Å². The molecule has 0 aromatic heterocycles. The zero-order chi connectivity index (χ0) is 5.11. The van der Waals surface area contributed by atoms with Crippen molar-refractivity contribution in [2.45, 2.75) is 0 Å². The van der Waals surface area contributed by atoms with Crippen LogP contribution >= 0.6 is 0 Å². The average molecular weight is 100 g/mol. The van der Waals surface area contributed by atoms with Crippen LogP contribution in [0.4, 0.5) is 0 Å². The van der Waals surface area contributed by atoms with Gasteiger partial charge in [0.2, 0.25) is 0 Å². The maximum absolute atomic E-state index is 6.90. The topological polar surface area (TPSA) is 45.1 Å². The Labute approximate surface area is 42.2 Å². The second kappa shape index (κ2) is 1.93. The number of morpholine rings is 1. The van der Waals surface area contributed by atoms with Gasteiger partial charge in [-0.2, -0.15) is 0 Å². The average Bonchev–Trinajstić information content (AvgIpc) is 1.69. The molecule has 0 radical (unpaired) electrons. The van der Waals surface area contributed by atoms with E-state index < -0.39 is 0 Å². The minimum Gasteiger partial charge on any atom is -0.479 e. The number of nitrogens with one attached hydrogen (secondary N) is 2. The van der Waals surface area contributed by atoms with Crippen LogP contribution in [-0.2, 0) is 4.74 Å². The van der Waals surface area contributed by atoms with Crippen LogP contribution in [-0.4, -0.2) is 25.6 Å². The van der Waals surface area contributed by atoms with Crippen LogP contribution in [0.3, 0.4) is 0 Å². The molecule has 1 aliphatic heterocycles. The molecule has 1 saturated heterocycles. The molecule has 1 rings (SSSR count). The zero-order valence-electron chi connectivity index (χ0n) is 4.03. The van der Waals surface area contributed by atoms with Crippen LogP contribution in [0.25, 0.3) is 0 Å². The molecule has 1 fully saturated rings. The van der Waals surface area contributed by atoms with Gasteiger partial charge in [-0.3, -0.25) is 5.41 Å². The van der Waals surface area contributed by atoms with Gasteiger partial charge in [-0.1, -0.05) is 0 Å². The zero-order valence-corrected chi connectivity index (χ0v) is 4.03. The molecule has 40 valence electrons. The van der Waals surface area contributed by atoms with Crippen molar-refractivity contribution < 1.29 is 4.74 Å². The summed E-state index contributed by atoms with van der Waals surface area (Å²) < 4.78 is 4.80. The highest BCUT2D eigenvalue weighted by Crippen LogP contribution is 1.81. The fourth-order valence-electron chi connectivity index (χ4n) is 0.499. The van der Waals surface area contributed by atoms with E-state index in [2.05, 4.69) is 5.32 Å². The predicted octanol–water partition coefficient (Wildman–Crippen LogP) is -0.417. The summed E-state index contributed by atoms with van der Waals surface area (Å²) in [4.78, 5) is 0. The molecule has 1 aliphatic rings. The maximum atomic E-state index is 6.90. The molecule has 0 bridgehead atoms. The van der Waals surface area contributed by atoms with Crippen molar-refractivity contribution >= 4 is 5.90 Å². The molecule has 3 heteroatoms. The van der Waals surface area contributed by atoms with Crippen molar-refractivity contribution in [2.24, 2.45) is 0 Å². The van der Waals surface area contributed by atoms with Crippen molar-refractivity contribution in [1.29, 1.82) is 5.41 Å². The lowest BCUT2D eigenvalue weighted by molar-refractivity contribution is 0.268. The van der Waals surface area contributed by atoms with Gasteiger partial charge in [0, 0.05) is 6.54 Å². The van der Waals surface area contributed by atoms with Crippen LogP contribution in [0.1, 0.15) is 0 Å². The molecule has 7 heavy (non-hydrogen) atoms. The highest BCUT2D eigenvalue weighted by atomic mass is 16.5. The van der Waals surface area contributed by atoms with Gasteiger partial charge in [0.25, 0.3) is 0 Å². The first kappa shape index (κ1) is 4.59. The molecule has 0 atom stereocenters. The van der Waals surface area contributed by atoms with Crippen molar-refractivity contribution in [2.75, 3.05) is 19.7 Å². The van der Waals surface area contributed by atoms with Gasteiger partial charge in [-0.25, -0.2) is 0 Å². The summed E-state index contributed by atoms with van der Waals surface area (Å²) in [5, 5.41) is 9.89.